The molecule has 0 aliphatic rings. The van der Waals surface area contributed by atoms with Crippen LogP contribution in [-0.2, 0) is 18.9 Å². The molecule has 0 saturated heterocycles. The zero-order valence-electron chi connectivity index (χ0n) is 10.6. The van der Waals surface area contributed by atoms with Crippen LogP contribution in [0.25, 0.3) is 0 Å². The zero-order valence-corrected chi connectivity index (χ0v) is 11.5. The molecule has 0 heterocycles. The molecule has 0 aromatic rings. The molecule has 0 amide bonds. The fourth-order valence-corrected chi connectivity index (χ4v) is 1.62. The first-order valence-electron chi connectivity index (χ1n) is 5.85. The fraction of sp³-hybridized carbons (Fsp3) is 1.00. The van der Waals surface area contributed by atoms with Gasteiger partial charge in [-0.15, -0.1) is 0 Å². The SMILES string of the molecule is CCOC(OCC)C(S)C(OCC)OCC. The molecule has 0 atom stereocenters. The molecule has 0 aliphatic heterocycles. The maximum atomic E-state index is 5.46. The summed E-state index contributed by atoms with van der Waals surface area (Å²) in [7, 11) is 0. The molecule has 0 bridgehead atoms. The summed E-state index contributed by atoms with van der Waals surface area (Å²) < 4.78 is 21.8. The van der Waals surface area contributed by atoms with Gasteiger partial charge in [0.15, 0.2) is 12.6 Å². The first kappa shape index (κ1) is 16.2. The molecule has 0 aromatic heterocycles. The van der Waals surface area contributed by atoms with E-state index in [1.54, 1.807) is 0 Å². The lowest BCUT2D eigenvalue weighted by Gasteiger charge is -2.29. The third-order valence-electron chi connectivity index (χ3n) is 1.88. The molecule has 98 valence electrons. The predicted molar refractivity (Wildman–Crippen MR) is 66.9 cm³/mol. The molecule has 5 heteroatoms. The van der Waals surface area contributed by atoms with E-state index >= 15 is 0 Å². The minimum absolute atomic E-state index is 0.250. The van der Waals surface area contributed by atoms with Crippen LogP contribution in [-0.4, -0.2) is 44.3 Å². The van der Waals surface area contributed by atoms with Gasteiger partial charge in [-0.2, -0.15) is 12.6 Å². The van der Waals surface area contributed by atoms with E-state index in [0.29, 0.717) is 26.4 Å². The highest BCUT2D eigenvalue weighted by molar-refractivity contribution is 7.81. The van der Waals surface area contributed by atoms with Crippen molar-refractivity contribution in [1.82, 2.24) is 0 Å². The monoisotopic (exact) mass is 252 g/mol. The van der Waals surface area contributed by atoms with Gasteiger partial charge in [0.25, 0.3) is 0 Å². The summed E-state index contributed by atoms with van der Waals surface area (Å²) in [4.78, 5) is 0. The van der Waals surface area contributed by atoms with E-state index in [-0.39, 0.29) is 5.25 Å². The molecule has 16 heavy (non-hydrogen) atoms. The van der Waals surface area contributed by atoms with Crippen LogP contribution in [0.1, 0.15) is 27.7 Å². The van der Waals surface area contributed by atoms with E-state index in [4.69, 9.17) is 18.9 Å². The average Bonchev–Trinajstić information content (AvgIpc) is 2.27. The molecule has 0 fully saturated rings. The van der Waals surface area contributed by atoms with Crippen LogP contribution < -0.4 is 0 Å². The first-order valence-corrected chi connectivity index (χ1v) is 6.37. The Labute approximate surface area is 104 Å². The summed E-state index contributed by atoms with van der Waals surface area (Å²) >= 11 is 4.46. The molecule has 0 aliphatic carbocycles. The van der Waals surface area contributed by atoms with Gasteiger partial charge >= 0.3 is 0 Å². The van der Waals surface area contributed by atoms with Gasteiger partial charge in [0.2, 0.25) is 0 Å². The van der Waals surface area contributed by atoms with Gasteiger partial charge in [-0.05, 0) is 27.7 Å². The third kappa shape index (κ3) is 6.06. The largest absolute Gasteiger partial charge is 0.352 e. The second-order valence-corrected chi connectivity index (χ2v) is 3.65. The molecule has 0 unspecified atom stereocenters. The van der Waals surface area contributed by atoms with E-state index in [2.05, 4.69) is 12.6 Å². The van der Waals surface area contributed by atoms with Gasteiger partial charge < -0.3 is 18.9 Å². The summed E-state index contributed by atoms with van der Waals surface area (Å²) in [5.74, 6) is 0. The van der Waals surface area contributed by atoms with Crippen molar-refractivity contribution in [2.45, 2.75) is 45.5 Å². The Balaban J connectivity index is 4.31. The number of hydrogen-bond donors (Lipinski definition) is 1. The van der Waals surface area contributed by atoms with Gasteiger partial charge in [-0.3, -0.25) is 0 Å². The van der Waals surface area contributed by atoms with Crippen LogP contribution in [0.3, 0.4) is 0 Å². The van der Waals surface area contributed by atoms with Crippen LogP contribution in [0.2, 0.25) is 0 Å². The van der Waals surface area contributed by atoms with Crippen molar-refractivity contribution in [2.75, 3.05) is 26.4 Å². The maximum Gasteiger partial charge on any atom is 0.173 e. The van der Waals surface area contributed by atoms with Crippen molar-refractivity contribution in [3.63, 3.8) is 0 Å². The Kier molecular flexibility index (Phi) is 10.5. The first-order chi connectivity index (χ1) is 7.71. The Bertz CT molecular complexity index is 129. The number of thiol groups is 1. The standard InChI is InChI=1S/C11H24O4S/c1-5-12-10(13-6-2)9(16)11(14-7-3)15-8-4/h9-11,16H,5-8H2,1-4H3. The normalized spacial score (nSPS) is 12.0. The van der Waals surface area contributed by atoms with Crippen LogP contribution in [0.5, 0.6) is 0 Å². The average molecular weight is 252 g/mol. The van der Waals surface area contributed by atoms with Gasteiger partial charge in [-0.25, -0.2) is 0 Å². The molecule has 0 aromatic carbocycles. The van der Waals surface area contributed by atoms with Crippen LogP contribution in [0.4, 0.5) is 0 Å². The highest BCUT2D eigenvalue weighted by atomic mass is 32.1. The van der Waals surface area contributed by atoms with Crippen molar-refractivity contribution in [2.24, 2.45) is 0 Å². The summed E-state index contributed by atoms with van der Waals surface area (Å²) in [6.45, 7) is 9.98. The van der Waals surface area contributed by atoms with Crippen molar-refractivity contribution in [3.05, 3.63) is 0 Å². The summed E-state index contributed by atoms with van der Waals surface area (Å²) in [6.07, 6.45) is -0.803. The Morgan fingerprint density at radius 2 is 0.938 bits per heavy atom. The lowest BCUT2D eigenvalue weighted by molar-refractivity contribution is -0.201. The third-order valence-corrected chi connectivity index (χ3v) is 2.37. The van der Waals surface area contributed by atoms with Crippen molar-refractivity contribution >= 4 is 12.6 Å². The van der Waals surface area contributed by atoms with E-state index < -0.39 is 12.6 Å². The van der Waals surface area contributed by atoms with Crippen LogP contribution >= 0.6 is 12.6 Å². The fourth-order valence-electron chi connectivity index (χ4n) is 1.28. The Morgan fingerprint density at radius 3 is 1.12 bits per heavy atom. The molecule has 4 nitrogen and oxygen atoms in total. The van der Waals surface area contributed by atoms with E-state index in [1.165, 1.54) is 0 Å². The van der Waals surface area contributed by atoms with Crippen molar-refractivity contribution < 1.29 is 18.9 Å². The molecule has 0 spiro atoms. The lowest BCUT2D eigenvalue weighted by Crippen LogP contribution is -2.40. The molecule has 0 N–H and O–H groups in total. The lowest BCUT2D eigenvalue weighted by atomic mass is 10.3. The van der Waals surface area contributed by atoms with Crippen molar-refractivity contribution in [1.29, 1.82) is 0 Å². The van der Waals surface area contributed by atoms with Crippen LogP contribution in [0.15, 0.2) is 0 Å². The maximum absolute atomic E-state index is 5.46. The van der Waals surface area contributed by atoms with Gasteiger partial charge in [-0.1, -0.05) is 0 Å². The Morgan fingerprint density at radius 1 is 0.688 bits per heavy atom. The van der Waals surface area contributed by atoms with Gasteiger partial charge in [0.1, 0.15) is 5.25 Å². The highest BCUT2D eigenvalue weighted by Crippen LogP contribution is 2.16. The topological polar surface area (TPSA) is 36.9 Å². The summed E-state index contributed by atoms with van der Waals surface area (Å²) in [5.41, 5.74) is 0. The van der Waals surface area contributed by atoms with E-state index in [1.807, 2.05) is 27.7 Å². The molecular formula is C11H24O4S. The zero-order chi connectivity index (χ0) is 12.4. The van der Waals surface area contributed by atoms with Crippen molar-refractivity contribution in [3.8, 4) is 0 Å². The summed E-state index contributed by atoms with van der Waals surface area (Å²) in [5, 5.41) is -0.250. The van der Waals surface area contributed by atoms with Crippen LogP contribution in [0, 0.1) is 0 Å². The highest BCUT2D eigenvalue weighted by Gasteiger charge is 2.28. The molecule has 0 radical (unpaired) electrons. The van der Waals surface area contributed by atoms with Gasteiger partial charge in [0, 0.05) is 26.4 Å². The second kappa shape index (κ2) is 10.4. The second-order valence-electron chi connectivity index (χ2n) is 3.05. The smallest absolute Gasteiger partial charge is 0.173 e. The summed E-state index contributed by atoms with van der Waals surface area (Å²) in [6, 6.07) is 0. The Hall–Kier alpha value is 0.190. The molecule has 0 saturated carbocycles. The van der Waals surface area contributed by atoms with E-state index in [0.717, 1.165) is 0 Å². The number of ether oxygens (including phenoxy) is 4. The number of rotatable bonds is 10. The van der Waals surface area contributed by atoms with Gasteiger partial charge in [0.05, 0.1) is 0 Å². The van der Waals surface area contributed by atoms with E-state index in [9.17, 15) is 0 Å². The minimum Gasteiger partial charge on any atom is -0.352 e. The number of hydrogen-bond acceptors (Lipinski definition) is 5. The predicted octanol–water partition coefficient (Wildman–Crippen LogP) is 2.08. The molecule has 0 rings (SSSR count). The minimum atomic E-state index is -0.401. The molecular weight excluding hydrogens is 228 g/mol. The quantitative estimate of drug-likeness (QED) is 0.477.